The Morgan fingerprint density at radius 1 is 0.773 bits per heavy atom. The Balaban J connectivity index is 2.16. The molecule has 0 saturated carbocycles. The van der Waals surface area contributed by atoms with Gasteiger partial charge in [0.15, 0.2) is 0 Å². The van der Waals surface area contributed by atoms with Crippen LogP contribution in [0.5, 0.6) is 0 Å². The van der Waals surface area contributed by atoms with Crippen molar-refractivity contribution in [3.05, 3.63) is 82.4 Å². The van der Waals surface area contributed by atoms with E-state index in [1.165, 1.54) is 0 Å². The molecule has 1 N–H and O–H groups in total. The average Bonchev–Trinajstić information content (AvgIpc) is 2.56. The lowest BCUT2D eigenvalue weighted by molar-refractivity contribution is 0.501. The van der Waals surface area contributed by atoms with Crippen molar-refractivity contribution in [2.24, 2.45) is 0 Å². The van der Waals surface area contributed by atoms with Gasteiger partial charge in [-0.05, 0) is 64.0 Å². The summed E-state index contributed by atoms with van der Waals surface area (Å²) in [5.41, 5.74) is 1.75. The van der Waals surface area contributed by atoms with Crippen LogP contribution in [-0.2, 0) is 4.57 Å². The molecule has 110 valence electrons. The third kappa shape index (κ3) is 3.02. The van der Waals surface area contributed by atoms with Crippen LogP contribution in [0.25, 0.3) is 11.1 Å². The Morgan fingerprint density at radius 2 is 1.36 bits per heavy atom. The fraction of sp³-hybridized carbons (Fsp3) is 0. The summed E-state index contributed by atoms with van der Waals surface area (Å²) in [6.07, 6.45) is 0. The number of benzene rings is 3. The van der Waals surface area contributed by atoms with Crippen LogP contribution < -0.4 is 10.6 Å². The Hall–Kier alpha value is -1.42. The molecule has 0 fully saturated rings. The summed E-state index contributed by atoms with van der Waals surface area (Å²) in [4.78, 5) is 10.7. The highest BCUT2D eigenvalue weighted by atomic mass is 127. The Bertz CT molecular complexity index is 829. The molecule has 2 nitrogen and oxygen atoms in total. The lowest BCUT2D eigenvalue weighted by Crippen LogP contribution is -2.17. The van der Waals surface area contributed by atoms with E-state index in [2.05, 4.69) is 22.6 Å². The van der Waals surface area contributed by atoms with Gasteiger partial charge < -0.3 is 4.89 Å². The second kappa shape index (κ2) is 6.37. The Morgan fingerprint density at radius 3 is 2.05 bits per heavy atom. The van der Waals surface area contributed by atoms with Crippen LogP contribution in [0.2, 0.25) is 0 Å². The van der Waals surface area contributed by atoms with Crippen LogP contribution in [0.1, 0.15) is 0 Å². The highest BCUT2D eigenvalue weighted by Crippen LogP contribution is 2.41. The predicted molar refractivity (Wildman–Crippen MR) is 100 cm³/mol. The van der Waals surface area contributed by atoms with Crippen LogP contribution in [0.4, 0.5) is 0 Å². The first kappa shape index (κ1) is 15.5. The van der Waals surface area contributed by atoms with Gasteiger partial charge in [-0.2, -0.15) is 0 Å². The maximum Gasteiger partial charge on any atom is 0.259 e. The van der Waals surface area contributed by atoms with Gasteiger partial charge >= 0.3 is 0 Å². The molecule has 0 saturated heterocycles. The zero-order valence-electron chi connectivity index (χ0n) is 11.7. The van der Waals surface area contributed by atoms with Gasteiger partial charge in [0.25, 0.3) is 7.37 Å². The molecule has 0 heterocycles. The summed E-state index contributed by atoms with van der Waals surface area (Å²) >= 11 is 2.25. The fourth-order valence-electron chi connectivity index (χ4n) is 2.38. The first-order chi connectivity index (χ1) is 10.6. The number of halogens is 1. The van der Waals surface area contributed by atoms with Crippen molar-refractivity contribution in [1.29, 1.82) is 0 Å². The molecule has 0 aliphatic carbocycles. The summed E-state index contributed by atoms with van der Waals surface area (Å²) < 4.78 is 14.2. The van der Waals surface area contributed by atoms with E-state index in [0.717, 1.165) is 14.7 Å². The molecule has 0 aliphatic heterocycles. The van der Waals surface area contributed by atoms with Gasteiger partial charge in [-0.25, -0.2) is 0 Å². The number of rotatable bonds is 3. The molecule has 0 radical (unpaired) electrons. The zero-order chi connectivity index (χ0) is 15.6. The second-order valence-electron chi connectivity index (χ2n) is 4.94. The van der Waals surface area contributed by atoms with Gasteiger partial charge in [0.05, 0.1) is 0 Å². The lowest BCUT2D eigenvalue weighted by atomic mass is 10.1. The van der Waals surface area contributed by atoms with Crippen molar-refractivity contribution in [1.82, 2.24) is 0 Å². The van der Waals surface area contributed by atoms with E-state index in [9.17, 15) is 9.46 Å². The molecule has 3 aromatic carbocycles. The van der Waals surface area contributed by atoms with Crippen LogP contribution in [-0.4, -0.2) is 4.89 Å². The molecule has 3 rings (SSSR count). The highest BCUT2D eigenvalue weighted by molar-refractivity contribution is 14.1. The molecule has 0 aromatic heterocycles. The molecular weight excluding hydrogens is 406 g/mol. The molecule has 0 aliphatic rings. The van der Waals surface area contributed by atoms with Gasteiger partial charge in [0, 0.05) is 14.2 Å². The minimum atomic E-state index is -3.61. The maximum atomic E-state index is 13.0. The summed E-state index contributed by atoms with van der Waals surface area (Å²) in [6.45, 7) is 0. The van der Waals surface area contributed by atoms with E-state index >= 15 is 0 Å². The van der Waals surface area contributed by atoms with E-state index in [-0.39, 0.29) is 0 Å². The van der Waals surface area contributed by atoms with E-state index in [1.807, 2.05) is 42.5 Å². The van der Waals surface area contributed by atoms with E-state index < -0.39 is 7.37 Å². The quantitative estimate of drug-likeness (QED) is 0.510. The van der Waals surface area contributed by atoms with Gasteiger partial charge in [0.1, 0.15) is 0 Å². The van der Waals surface area contributed by atoms with Crippen LogP contribution in [0.15, 0.2) is 78.9 Å². The Labute approximate surface area is 143 Å². The first-order valence-electron chi connectivity index (χ1n) is 6.83. The molecule has 3 aromatic rings. The van der Waals surface area contributed by atoms with Crippen LogP contribution in [0, 0.1) is 3.57 Å². The molecule has 1 unspecified atom stereocenters. The highest BCUT2D eigenvalue weighted by Gasteiger charge is 2.26. The molecule has 4 heteroatoms. The molecular formula is C18H14IO2P. The molecule has 0 spiro atoms. The predicted octanol–water partition coefficient (Wildman–Crippen LogP) is 4.18. The van der Waals surface area contributed by atoms with Gasteiger partial charge in [0.2, 0.25) is 0 Å². The van der Waals surface area contributed by atoms with Crippen molar-refractivity contribution >= 4 is 40.6 Å². The monoisotopic (exact) mass is 420 g/mol. The van der Waals surface area contributed by atoms with E-state index in [1.54, 1.807) is 36.4 Å². The normalized spacial score (nSPS) is 13.5. The van der Waals surface area contributed by atoms with Gasteiger partial charge in [-0.1, -0.05) is 48.5 Å². The minimum absolute atomic E-state index is 0.452. The summed E-state index contributed by atoms with van der Waals surface area (Å²) in [7, 11) is -3.61. The third-order valence-corrected chi connectivity index (χ3v) is 6.25. The molecule has 22 heavy (non-hydrogen) atoms. The standard InChI is InChI=1S/C18H14IO2P/c19-15-12-10-14(11-13-15)17-8-4-5-9-18(17)22(20,21)16-6-2-1-3-7-16/h1-13H,(H,20,21). The summed E-state index contributed by atoms with van der Waals surface area (Å²) in [6, 6.07) is 24.1. The molecule has 0 amide bonds. The van der Waals surface area contributed by atoms with Crippen molar-refractivity contribution < 1.29 is 9.46 Å². The molecule has 0 bridgehead atoms. The van der Waals surface area contributed by atoms with Crippen LogP contribution >= 0.6 is 30.0 Å². The number of hydrogen-bond acceptors (Lipinski definition) is 1. The SMILES string of the molecule is O=P(O)(c1ccccc1)c1ccccc1-c1ccc(I)cc1. The summed E-state index contributed by atoms with van der Waals surface area (Å²) in [5.74, 6) is 0. The molecule has 1 atom stereocenters. The fourth-order valence-corrected chi connectivity index (χ4v) is 4.41. The van der Waals surface area contributed by atoms with E-state index in [4.69, 9.17) is 0 Å². The van der Waals surface area contributed by atoms with E-state index in [0.29, 0.717) is 10.6 Å². The van der Waals surface area contributed by atoms with Crippen molar-refractivity contribution in [3.8, 4) is 11.1 Å². The maximum absolute atomic E-state index is 13.0. The lowest BCUT2D eigenvalue weighted by Gasteiger charge is -2.16. The van der Waals surface area contributed by atoms with Crippen molar-refractivity contribution in [3.63, 3.8) is 0 Å². The largest absolute Gasteiger partial charge is 0.338 e. The zero-order valence-corrected chi connectivity index (χ0v) is 14.7. The summed E-state index contributed by atoms with van der Waals surface area (Å²) in [5, 5.41) is 0.926. The van der Waals surface area contributed by atoms with Gasteiger partial charge in [-0.3, -0.25) is 4.57 Å². The topological polar surface area (TPSA) is 37.3 Å². The third-order valence-electron chi connectivity index (χ3n) is 3.49. The number of hydrogen-bond donors (Lipinski definition) is 1. The van der Waals surface area contributed by atoms with Gasteiger partial charge in [-0.15, -0.1) is 0 Å². The first-order valence-corrected chi connectivity index (χ1v) is 9.57. The van der Waals surface area contributed by atoms with Crippen molar-refractivity contribution in [2.45, 2.75) is 0 Å². The van der Waals surface area contributed by atoms with Crippen molar-refractivity contribution in [2.75, 3.05) is 0 Å². The smallest absolute Gasteiger partial charge is 0.259 e. The minimum Gasteiger partial charge on any atom is -0.338 e. The van der Waals surface area contributed by atoms with Crippen LogP contribution in [0.3, 0.4) is 0 Å². The second-order valence-corrected chi connectivity index (χ2v) is 8.33. The Kier molecular flexibility index (Phi) is 4.48. The average molecular weight is 420 g/mol.